The fourth-order valence-corrected chi connectivity index (χ4v) is 2.69. The van der Waals surface area contributed by atoms with Gasteiger partial charge in [-0.25, -0.2) is 0 Å². The Balaban J connectivity index is 2.30. The number of ether oxygens (including phenoxy) is 1. The molecule has 0 spiro atoms. The number of hydrogen-bond acceptors (Lipinski definition) is 4. The van der Waals surface area contributed by atoms with Crippen molar-refractivity contribution in [3.05, 3.63) is 53.9 Å². The van der Waals surface area contributed by atoms with Gasteiger partial charge in [-0.2, -0.15) is 0 Å². The van der Waals surface area contributed by atoms with E-state index in [1.807, 2.05) is 32.0 Å². The number of hydrogen-bond donors (Lipinski definition) is 1. The van der Waals surface area contributed by atoms with Crippen molar-refractivity contribution in [2.75, 3.05) is 6.26 Å². The van der Waals surface area contributed by atoms with Crippen LogP contribution in [0.5, 0.6) is 5.75 Å². The minimum absolute atomic E-state index is 0.127. The first-order chi connectivity index (χ1) is 9.61. The van der Waals surface area contributed by atoms with E-state index in [9.17, 15) is 0 Å². The van der Waals surface area contributed by atoms with Gasteiger partial charge in [0.1, 0.15) is 5.75 Å². The van der Waals surface area contributed by atoms with Crippen LogP contribution in [0.15, 0.2) is 47.6 Å². The summed E-state index contributed by atoms with van der Waals surface area (Å²) < 4.78 is 5.67. The molecule has 1 unspecified atom stereocenters. The fraction of sp³-hybridized carbons (Fsp3) is 0.312. The van der Waals surface area contributed by atoms with Gasteiger partial charge in [-0.15, -0.1) is 11.8 Å². The molecule has 0 amide bonds. The third-order valence-corrected chi connectivity index (χ3v) is 3.75. The number of rotatable bonds is 5. The Kier molecular flexibility index (Phi) is 5.04. The Bertz CT molecular complexity index is 572. The van der Waals surface area contributed by atoms with E-state index < -0.39 is 0 Å². The van der Waals surface area contributed by atoms with Crippen molar-refractivity contribution < 1.29 is 4.74 Å². The standard InChI is InChI=1S/C16H20N2OS/c1-11(2)19-13-8-12(9-18-10-13)16(17)14-6-4-5-7-15(14)20-3/h4-11,16H,17H2,1-3H3. The molecule has 0 bridgehead atoms. The first-order valence-electron chi connectivity index (χ1n) is 6.62. The summed E-state index contributed by atoms with van der Waals surface area (Å²) in [5.74, 6) is 0.759. The molecule has 0 aliphatic carbocycles. The molecule has 0 aliphatic rings. The van der Waals surface area contributed by atoms with E-state index >= 15 is 0 Å². The van der Waals surface area contributed by atoms with Gasteiger partial charge in [-0.05, 0) is 43.4 Å². The maximum atomic E-state index is 6.38. The first kappa shape index (κ1) is 14.9. The molecular formula is C16H20N2OS. The second kappa shape index (κ2) is 6.77. The highest BCUT2D eigenvalue weighted by molar-refractivity contribution is 7.98. The topological polar surface area (TPSA) is 48.1 Å². The molecule has 106 valence electrons. The smallest absolute Gasteiger partial charge is 0.138 e. The lowest BCUT2D eigenvalue weighted by atomic mass is 10.0. The van der Waals surface area contributed by atoms with Crippen LogP contribution in [0.1, 0.15) is 31.0 Å². The Hall–Kier alpha value is -1.52. The highest BCUT2D eigenvalue weighted by atomic mass is 32.2. The molecule has 1 atom stereocenters. The first-order valence-corrected chi connectivity index (χ1v) is 7.84. The number of nitrogens with two attached hydrogens (primary N) is 1. The van der Waals surface area contributed by atoms with Gasteiger partial charge in [0, 0.05) is 11.1 Å². The van der Waals surface area contributed by atoms with Gasteiger partial charge in [0.05, 0.1) is 18.3 Å². The van der Waals surface area contributed by atoms with Gasteiger partial charge in [0.2, 0.25) is 0 Å². The second-order valence-electron chi connectivity index (χ2n) is 4.84. The van der Waals surface area contributed by atoms with E-state index in [4.69, 9.17) is 10.5 Å². The summed E-state index contributed by atoms with van der Waals surface area (Å²) in [6.07, 6.45) is 5.70. The number of aromatic nitrogens is 1. The van der Waals surface area contributed by atoms with Gasteiger partial charge in [0.15, 0.2) is 0 Å². The molecule has 3 nitrogen and oxygen atoms in total. The number of benzene rings is 1. The molecule has 20 heavy (non-hydrogen) atoms. The Morgan fingerprint density at radius 3 is 2.65 bits per heavy atom. The Labute approximate surface area is 124 Å². The van der Waals surface area contributed by atoms with Crippen LogP contribution < -0.4 is 10.5 Å². The van der Waals surface area contributed by atoms with Crippen molar-refractivity contribution in [3.8, 4) is 5.75 Å². The molecule has 2 aromatic rings. The van der Waals surface area contributed by atoms with E-state index in [-0.39, 0.29) is 12.1 Å². The molecule has 0 saturated heterocycles. The molecular weight excluding hydrogens is 268 g/mol. The van der Waals surface area contributed by atoms with E-state index in [1.165, 1.54) is 4.90 Å². The summed E-state index contributed by atoms with van der Waals surface area (Å²) in [6, 6.07) is 9.96. The Morgan fingerprint density at radius 2 is 1.95 bits per heavy atom. The summed E-state index contributed by atoms with van der Waals surface area (Å²) >= 11 is 1.70. The molecule has 1 aromatic heterocycles. The predicted octanol–water partition coefficient (Wildman–Crippen LogP) is 3.64. The van der Waals surface area contributed by atoms with Crippen molar-refractivity contribution in [1.82, 2.24) is 4.98 Å². The van der Waals surface area contributed by atoms with E-state index in [0.717, 1.165) is 16.9 Å². The lowest BCUT2D eigenvalue weighted by molar-refractivity contribution is 0.241. The molecule has 0 aliphatic heterocycles. The second-order valence-corrected chi connectivity index (χ2v) is 5.69. The van der Waals surface area contributed by atoms with Crippen LogP contribution in [-0.2, 0) is 0 Å². The highest BCUT2D eigenvalue weighted by Gasteiger charge is 2.14. The minimum atomic E-state index is -0.193. The number of thioether (sulfide) groups is 1. The molecule has 2 rings (SSSR count). The molecule has 4 heteroatoms. The SMILES string of the molecule is CSc1ccccc1C(N)c1cncc(OC(C)C)c1. The van der Waals surface area contributed by atoms with Crippen LogP contribution in [-0.4, -0.2) is 17.3 Å². The van der Waals surface area contributed by atoms with Crippen molar-refractivity contribution in [2.45, 2.75) is 30.9 Å². The maximum Gasteiger partial charge on any atom is 0.138 e. The maximum absolute atomic E-state index is 6.38. The molecule has 2 N–H and O–H groups in total. The van der Waals surface area contributed by atoms with Crippen molar-refractivity contribution in [3.63, 3.8) is 0 Å². The van der Waals surface area contributed by atoms with Gasteiger partial charge in [0.25, 0.3) is 0 Å². The van der Waals surface area contributed by atoms with Crippen LogP contribution in [0.2, 0.25) is 0 Å². The van der Waals surface area contributed by atoms with Crippen LogP contribution in [0, 0.1) is 0 Å². The van der Waals surface area contributed by atoms with Crippen LogP contribution >= 0.6 is 11.8 Å². The van der Waals surface area contributed by atoms with Gasteiger partial charge in [-0.1, -0.05) is 18.2 Å². The Morgan fingerprint density at radius 1 is 1.20 bits per heavy atom. The van der Waals surface area contributed by atoms with Gasteiger partial charge >= 0.3 is 0 Å². The molecule has 1 aromatic carbocycles. The highest BCUT2D eigenvalue weighted by Crippen LogP contribution is 2.29. The normalized spacial score (nSPS) is 12.4. The minimum Gasteiger partial charge on any atom is -0.489 e. The van der Waals surface area contributed by atoms with Crippen LogP contribution in [0.3, 0.4) is 0 Å². The zero-order chi connectivity index (χ0) is 14.5. The summed E-state index contributed by atoms with van der Waals surface area (Å²) in [4.78, 5) is 5.42. The average Bonchev–Trinajstić information content (AvgIpc) is 2.46. The number of nitrogens with zero attached hydrogens (tertiary/aromatic N) is 1. The molecule has 0 radical (unpaired) electrons. The third kappa shape index (κ3) is 3.52. The summed E-state index contributed by atoms with van der Waals surface area (Å²) in [6.45, 7) is 3.99. The van der Waals surface area contributed by atoms with Crippen LogP contribution in [0.4, 0.5) is 0 Å². The predicted molar refractivity (Wildman–Crippen MR) is 84.3 cm³/mol. The molecule has 0 saturated carbocycles. The largest absolute Gasteiger partial charge is 0.489 e. The lowest BCUT2D eigenvalue weighted by Gasteiger charge is -2.17. The fourth-order valence-electron chi connectivity index (χ4n) is 2.05. The van der Waals surface area contributed by atoms with E-state index in [2.05, 4.69) is 23.4 Å². The summed E-state index contributed by atoms with van der Waals surface area (Å²) in [5, 5.41) is 0. The zero-order valence-corrected chi connectivity index (χ0v) is 12.9. The van der Waals surface area contributed by atoms with Gasteiger partial charge in [-0.3, -0.25) is 4.98 Å². The monoisotopic (exact) mass is 288 g/mol. The quantitative estimate of drug-likeness (QED) is 0.853. The van der Waals surface area contributed by atoms with E-state index in [0.29, 0.717) is 0 Å². The third-order valence-electron chi connectivity index (χ3n) is 2.94. The summed E-state index contributed by atoms with van der Waals surface area (Å²) in [5.41, 5.74) is 8.46. The van der Waals surface area contributed by atoms with Gasteiger partial charge < -0.3 is 10.5 Å². The van der Waals surface area contributed by atoms with Crippen molar-refractivity contribution in [2.24, 2.45) is 5.73 Å². The lowest BCUT2D eigenvalue weighted by Crippen LogP contribution is -2.14. The number of pyridine rings is 1. The van der Waals surface area contributed by atoms with E-state index in [1.54, 1.807) is 24.2 Å². The van der Waals surface area contributed by atoms with Crippen molar-refractivity contribution in [1.29, 1.82) is 0 Å². The molecule has 1 heterocycles. The van der Waals surface area contributed by atoms with Crippen molar-refractivity contribution >= 4 is 11.8 Å². The molecule has 0 fully saturated rings. The summed E-state index contributed by atoms with van der Waals surface area (Å²) in [7, 11) is 0. The zero-order valence-electron chi connectivity index (χ0n) is 12.0. The average molecular weight is 288 g/mol. The van der Waals surface area contributed by atoms with Crippen LogP contribution in [0.25, 0.3) is 0 Å².